The van der Waals surface area contributed by atoms with E-state index in [1.807, 2.05) is 0 Å². The van der Waals surface area contributed by atoms with Crippen LogP contribution in [-0.4, -0.2) is 5.97 Å². The van der Waals surface area contributed by atoms with Crippen molar-refractivity contribution < 1.29 is 9.53 Å². The first kappa shape index (κ1) is 23.1. The summed E-state index contributed by atoms with van der Waals surface area (Å²) in [5.41, 5.74) is 3.04. The van der Waals surface area contributed by atoms with Gasteiger partial charge in [-0.05, 0) is 61.0 Å². The summed E-state index contributed by atoms with van der Waals surface area (Å²) in [5.74, 6) is 4.19. The zero-order valence-electron chi connectivity index (χ0n) is 20.1. The molecule has 0 saturated heterocycles. The normalized spacial score (nSPS) is 29.0. The van der Waals surface area contributed by atoms with Crippen LogP contribution in [0.5, 0.6) is 0 Å². The van der Waals surface area contributed by atoms with E-state index in [0.717, 1.165) is 36.4 Å². The topological polar surface area (TPSA) is 26.3 Å². The Kier molecular flexibility index (Phi) is 8.73. The molecular weight excluding hydrogens is 380 g/mol. The predicted molar refractivity (Wildman–Crippen MR) is 129 cm³/mol. The molecule has 2 nitrogen and oxygen atoms in total. The summed E-state index contributed by atoms with van der Waals surface area (Å²) in [4.78, 5) is 12.5. The third-order valence-corrected chi connectivity index (χ3v) is 8.69. The second kappa shape index (κ2) is 11.7. The van der Waals surface area contributed by atoms with E-state index < -0.39 is 0 Å². The van der Waals surface area contributed by atoms with E-state index in [1.54, 1.807) is 5.57 Å². The number of hydrogen-bond acceptors (Lipinski definition) is 2. The van der Waals surface area contributed by atoms with Gasteiger partial charge in [-0.2, -0.15) is 0 Å². The van der Waals surface area contributed by atoms with Gasteiger partial charge in [0.2, 0.25) is 0 Å². The fourth-order valence-electron chi connectivity index (χ4n) is 6.89. The van der Waals surface area contributed by atoms with Crippen molar-refractivity contribution in [2.24, 2.45) is 23.7 Å². The molecule has 4 unspecified atom stereocenters. The summed E-state index contributed by atoms with van der Waals surface area (Å²) in [7, 11) is 0. The number of esters is 1. The van der Waals surface area contributed by atoms with Crippen molar-refractivity contribution in [3.8, 4) is 0 Å². The van der Waals surface area contributed by atoms with Crippen LogP contribution in [0.1, 0.15) is 129 Å². The highest BCUT2D eigenvalue weighted by Crippen LogP contribution is 2.57. The second-order valence-corrected chi connectivity index (χ2v) is 10.9. The van der Waals surface area contributed by atoms with Gasteiger partial charge in [-0.3, -0.25) is 4.79 Å². The van der Waals surface area contributed by atoms with Crippen LogP contribution in [0.25, 0.3) is 0 Å². The Morgan fingerprint density at radius 1 is 0.871 bits per heavy atom. The van der Waals surface area contributed by atoms with Gasteiger partial charge in [0.1, 0.15) is 5.76 Å². The largest absolute Gasteiger partial charge is 0.427 e. The first-order valence-corrected chi connectivity index (χ1v) is 13.9. The molecule has 0 amide bonds. The van der Waals surface area contributed by atoms with Crippen LogP contribution in [0.3, 0.4) is 0 Å². The molecule has 4 aliphatic rings. The van der Waals surface area contributed by atoms with Gasteiger partial charge < -0.3 is 4.74 Å². The maximum Gasteiger partial charge on any atom is 0.311 e. The highest BCUT2D eigenvalue weighted by atomic mass is 16.5. The van der Waals surface area contributed by atoms with Crippen LogP contribution >= 0.6 is 0 Å². The van der Waals surface area contributed by atoms with Gasteiger partial charge in [0.15, 0.2) is 0 Å². The summed E-state index contributed by atoms with van der Waals surface area (Å²) in [6.07, 6.45) is 27.0. The minimum atomic E-state index is 0.0102. The van der Waals surface area contributed by atoms with Gasteiger partial charge in [-0.1, -0.05) is 102 Å². The fourth-order valence-corrected chi connectivity index (χ4v) is 6.89. The van der Waals surface area contributed by atoms with Crippen molar-refractivity contribution in [1.29, 1.82) is 0 Å². The van der Waals surface area contributed by atoms with Crippen molar-refractivity contribution in [3.05, 3.63) is 23.0 Å². The Balaban J connectivity index is 1.12. The first-order valence-electron chi connectivity index (χ1n) is 13.9. The number of hydrogen-bond donors (Lipinski definition) is 0. The second-order valence-electron chi connectivity index (χ2n) is 10.9. The lowest BCUT2D eigenvalue weighted by atomic mass is 9.75. The average Bonchev–Trinajstić information content (AvgIpc) is 3.48. The van der Waals surface area contributed by atoms with E-state index in [9.17, 15) is 4.79 Å². The van der Waals surface area contributed by atoms with Crippen molar-refractivity contribution in [3.63, 3.8) is 0 Å². The third-order valence-electron chi connectivity index (χ3n) is 8.69. The van der Waals surface area contributed by atoms with Gasteiger partial charge in [0.05, 0.1) is 0 Å². The Labute approximate surface area is 191 Å². The van der Waals surface area contributed by atoms with Gasteiger partial charge >= 0.3 is 5.97 Å². The molecule has 0 aromatic carbocycles. The van der Waals surface area contributed by atoms with Gasteiger partial charge in [-0.15, -0.1) is 0 Å². The molecule has 0 N–H and O–H groups in total. The monoisotopic (exact) mass is 426 g/mol. The maximum atomic E-state index is 12.5. The minimum absolute atomic E-state index is 0.0102. The number of unbranched alkanes of at least 4 members (excludes halogenated alkanes) is 10. The summed E-state index contributed by atoms with van der Waals surface area (Å²) in [5, 5.41) is 0. The molecule has 0 spiro atoms. The van der Waals surface area contributed by atoms with Gasteiger partial charge in [0, 0.05) is 6.42 Å². The summed E-state index contributed by atoms with van der Waals surface area (Å²) in [6.45, 7) is 2.28. The fraction of sp³-hybridized carbons (Fsp3) is 0.828. The molecular formula is C29H46O2. The highest BCUT2D eigenvalue weighted by molar-refractivity contribution is 5.72. The Morgan fingerprint density at radius 3 is 2.23 bits per heavy atom. The van der Waals surface area contributed by atoms with E-state index in [0.29, 0.717) is 12.3 Å². The van der Waals surface area contributed by atoms with E-state index >= 15 is 0 Å². The molecule has 4 atom stereocenters. The summed E-state index contributed by atoms with van der Waals surface area (Å²) >= 11 is 0. The van der Waals surface area contributed by atoms with Crippen LogP contribution in [0, 0.1) is 23.7 Å². The van der Waals surface area contributed by atoms with Crippen LogP contribution in [0.15, 0.2) is 23.0 Å². The first-order chi connectivity index (χ1) is 15.3. The average molecular weight is 427 g/mol. The lowest BCUT2D eigenvalue weighted by Gasteiger charge is -2.30. The van der Waals surface area contributed by atoms with Crippen LogP contribution < -0.4 is 0 Å². The lowest BCUT2D eigenvalue weighted by Crippen LogP contribution is -2.24. The summed E-state index contributed by atoms with van der Waals surface area (Å²) in [6, 6.07) is 0. The number of ether oxygens (including phenoxy) is 1. The quantitative estimate of drug-likeness (QED) is 0.217. The van der Waals surface area contributed by atoms with Crippen LogP contribution in [0.4, 0.5) is 0 Å². The molecule has 2 heteroatoms. The number of allylic oxidation sites excluding steroid dienone is 3. The Hall–Kier alpha value is -1.05. The van der Waals surface area contributed by atoms with E-state index in [2.05, 4.69) is 13.0 Å². The van der Waals surface area contributed by atoms with E-state index in [1.165, 1.54) is 108 Å². The minimum Gasteiger partial charge on any atom is -0.427 e. The lowest BCUT2D eigenvalue weighted by molar-refractivity contribution is -0.139. The zero-order chi connectivity index (χ0) is 21.5. The smallest absolute Gasteiger partial charge is 0.311 e. The molecule has 174 valence electrons. The Bertz CT molecular complexity index is 658. The van der Waals surface area contributed by atoms with Gasteiger partial charge in [0.25, 0.3) is 0 Å². The molecule has 0 bridgehead atoms. The molecule has 2 saturated carbocycles. The molecule has 31 heavy (non-hydrogen) atoms. The third kappa shape index (κ3) is 6.26. The van der Waals surface area contributed by atoms with Gasteiger partial charge in [-0.25, -0.2) is 0 Å². The van der Waals surface area contributed by atoms with E-state index in [-0.39, 0.29) is 5.97 Å². The molecule has 0 aromatic heterocycles. The molecule has 0 heterocycles. The van der Waals surface area contributed by atoms with Crippen molar-refractivity contribution in [2.75, 3.05) is 0 Å². The standard InChI is InChI=1S/C29H46O2/c1-2-3-4-5-6-7-8-9-10-11-12-19-29(30)31-28-21-26-23-17-13-15-22(23)16-14-18-24(26)25-20-27(25)28/h21-24,26H,2-20H2,1H3. The number of fused-ring (bicyclic) bond motifs is 4. The van der Waals surface area contributed by atoms with Crippen molar-refractivity contribution >= 4 is 5.97 Å². The number of rotatable bonds is 13. The zero-order valence-corrected chi connectivity index (χ0v) is 20.1. The molecule has 0 aliphatic heterocycles. The van der Waals surface area contributed by atoms with E-state index in [4.69, 9.17) is 4.74 Å². The highest BCUT2D eigenvalue weighted by Gasteiger charge is 2.47. The predicted octanol–water partition coefficient (Wildman–Crippen LogP) is 8.66. The molecule has 0 aromatic rings. The summed E-state index contributed by atoms with van der Waals surface area (Å²) < 4.78 is 5.94. The van der Waals surface area contributed by atoms with Crippen molar-refractivity contribution in [2.45, 2.75) is 129 Å². The SMILES string of the molecule is CCCCCCCCCCCCCC(=O)OC1=CC2C(CCCC3CCCC32)C2=C1C2. The number of carbonyl (C=O) groups excluding carboxylic acids is 1. The van der Waals surface area contributed by atoms with Crippen molar-refractivity contribution in [1.82, 2.24) is 0 Å². The maximum absolute atomic E-state index is 12.5. The number of carbonyl (C=O) groups is 1. The van der Waals surface area contributed by atoms with Crippen LogP contribution in [-0.2, 0) is 9.53 Å². The molecule has 4 aliphatic carbocycles. The van der Waals surface area contributed by atoms with Crippen LogP contribution in [0.2, 0.25) is 0 Å². The Morgan fingerprint density at radius 2 is 1.52 bits per heavy atom. The molecule has 2 fully saturated rings. The molecule has 4 rings (SSSR count). The molecule has 0 radical (unpaired) electrons.